The van der Waals surface area contributed by atoms with Crippen LogP contribution in [0.5, 0.6) is 0 Å². The highest BCUT2D eigenvalue weighted by Crippen LogP contribution is 2.24. The van der Waals surface area contributed by atoms with E-state index in [-0.39, 0.29) is 11.8 Å². The molecule has 21 heavy (non-hydrogen) atoms. The molecule has 0 amide bonds. The first-order chi connectivity index (χ1) is 10.0. The maximum Gasteiger partial charge on any atom is 0.152 e. The molecule has 1 fully saturated rings. The predicted octanol–water partition coefficient (Wildman–Crippen LogP) is 3.11. The molecule has 0 radical (unpaired) electrons. The minimum atomic E-state index is -2.87. The van der Waals surface area contributed by atoms with Crippen molar-refractivity contribution in [1.29, 1.82) is 0 Å². The lowest BCUT2D eigenvalue weighted by Crippen LogP contribution is -2.34. The molecule has 1 aliphatic rings. The predicted molar refractivity (Wildman–Crippen MR) is 87.6 cm³/mol. The number of nitrogens with one attached hydrogen (secondary N) is 1. The van der Waals surface area contributed by atoms with Gasteiger partial charge in [0.05, 0.1) is 22.2 Å². The van der Waals surface area contributed by atoms with E-state index < -0.39 is 9.84 Å². The zero-order valence-electron chi connectivity index (χ0n) is 11.9. The lowest BCUT2D eigenvalue weighted by Gasteiger charge is -2.24. The van der Waals surface area contributed by atoms with Crippen LogP contribution in [0.3, 0.4) is 0 Å². The number of nitrogens with zero attached hydrogens (tertiary/aromatic N) is 1. The summed E-state index contributed by atoms with van der Waals surface area (Å²) in [5, 5.41) is 6.43. The Morgan fingerprint density at radius 1 is 1.29 bits per heavy atom. The van der Waals surface area contributed by atoms with Crippen molar-refractivity contribution in [2.24, 2.45) is 0 Å². The second kappa shape index (κ2) is 5.77. The Kier molecular flexibility index (Phi) is 3.99. The third-order valence-electron chi connectivity index (χ3n) is 3.63. The van der Waals surface area contributed by atoms with Crippen LogP contribution in [-0.4, -0.2) is 30.9 Å². The summed E-state index contributed by atoms with van der Waals surface area (Å²) in [5.74, 6) is 0.563. The third-order valence-corrected chi connectivity index (χ3v) is 6.23. The van der Waals surface area contributed by atoms with E-state index in [9.17, 15) is 8.42 Å². The Hall–Kier alpha value is -1.40. The topological polar surface area (TPSA) is 59.1 Å². The molecule has 2 aromatic rings. The fourth-order valence-corrected chi connectivity index (χ4v) is 4.86. The van der Waals surface area contributed by atoms with Gasteiger partial charge in [-0.1, -0.05) is 12.1 Å². The number of aryl methyl sites for hydroxylation is 1. The van der Waals surface area contributed by atoms with Crippen molar-refractivity contribution in [3.63, 3.8) is 0 Å². The first kappa shape index (κ1) is 14.5. The maximum atomic E-state index is 11.6. The molecule has 6 heteroatoms. The van der Waals surface area contributed by atoms with Crippen LogP contribution in [0.1, 0.15) is 17.8 Å². The molecule has 2 heterocycles. The van der Waals surface area contributed by atoms with Crippen LogP contribution in [-0.2, 0) is 9.84 Å². The van der Waals surface area contributed by atoms with E-state index in [1.807, 2.05) is 36.6 Å². The van der Waals surface area contributed by atoms with E-state index in [4.69, 9.17) is 0 Å². The molecule has 0 bridgehead atoms. The molecule has 0 aliphatic carbocycles. The molecule has 4 nitrogen and oxygen atoms in total. The van der Waals surface area contributed by atoms with Crippen LogP contribution in [0.15, 0.2) is 29.6 Å². The Bertz CT molecular complexity index is 720. The molecule has 1 unspecified atom stereocenters. The number of hydrogen-bond donors (Lipinski definition) is 1. The maximum absolute atomic E-state index is 11.6. The number of anilines is 1. The van der Waals surface area contributed by atoms with E-state index in [0.717, 1.165) is 34.8 Å². The largest absolute Gasteiger partial charge is 0.381 e. The second-order valence-electron chi connectivity index (χ2n) is 5.43. The van der Waals surface area contributed by atoms with Crippen molar-refractivity contribution < 1.29 is 8.42 Å². The van der Waals surface area contributed by atoms with Gasteiger partial charge in [0.25, 0.3) is 0 Å². The Balaban J connectivity index is 1.70. The minimum absolute atomic E-state index is 0.0242. The summed E-state index contributed by atoms with van der Waals surface area (Å²) in [6.07, 6.45) is 1.66. The highest BCUT2D eigenvalue weighted by atomic mass is 32.2. The molecule has 1 atom stereocenters. The summed E-state index contributed by atoms with van der Waals surface area (Å²) < 4.78 is 23.3. The first-order valence-electron chi connectivity index (χ1n) is 7.01. The lowest BCUT2D eigenvalue weighted by molar-refractivity contribution is 0.562. The van der Waals surface area contributed by atoms with E-state index in [2.05, 4.69) is 10.3 Å². The zero-order chi connectivity index (χ0) is 14.9. The fraction of sp³-hybridized carbons (Fsp3) is 0.400. The van der Waals surface area contributed by atoms with Crippen LogP contribution >= 0.6 is 11.3 Å². The van der Waals surface area contributed by atoms with E-state index in [1.54, 1.807) is 11.3 Å². The van der Waals surface area contributed by atoms with Crippen LogP contribution < -0.4 is 5.32 Å². The van der Waals surface area contributed by atoms with Crippen LogP contribution in [0.2, 0.25) is 0 Å². The summed E-state index contributed by atoms with van der Waals surface area (Å²) in [6.45, 7) is 1.99. The van der Waals surface area contributed by atoms with Gasteiger partial charge in [-0.2, -0.15) is 0 Å². The van der Waals surface area contributed by atoms with Gasteiger partial charge in [0.1, 0.15) is 0 Å². The zero-order valence-corrected chi connectivity index (χ0v) is 13.5. The molecule has 1 aromatic carbocycles. The van der Waals surface area contributed by atoms with E-state index in [0.29, 0.717) is 5.75 Å². The summed E-state index contributed by atoms with van der Waals surface area (Å²) in [5.41, 5.74) is 3.04. The van der Waals surface area contributed by atoms with Gasteiger partial charge in [0.15, 0.2) is 9.84 Å². The number of hydrogen-bond acceptors (Lipinski definition) is 5. The molecular weight excluding hydrogens is 304 g/mol. The minimum Gasteiger partial charge on any atom is -0.381 e. The normalized spacial score (nSPS) is 21.1. The summed E-state index contributed by atoms with van der Waals surface area (Å²) in [6, 6.07) is 8.05. The quantitative estimate of drug-likeness (QED) is 0.943. The van der Waals surface area contributed by atoms with Crippen molar-refractivity contribution in [2.75, 3.05) is 16.8 Å². The molecule has 1 saturated heterocycles. The van der Waals surface area contributed by atoms with Gasteiger partial charge in [-0.3, -0.25) is 0 Å². The lowest BCUT2D eigenvalue weighted by atomic mass is 10.1. The number of aromatic nitrogens is 1. The van der Waals surface area contributed by atoms with Gasteiger partial charge in [-0.05, 0) is 31.9 Å². The van der Waals surface area contributed by atoms with Crippen molar-refractivity contribution in [3.05, 3.63) is 34.7 Å². The summed E-state index contributed by atoms with van der Waals surface area (Å²) >= 11 is 1.64. The number of thiazole rings is 1. The number of sulfone groups is 1. The Labute approximate surface area is 129 Å². The van der Waals surface area contributed by atoms with Gasteiger partial charge in [0.2, 0.25) is 0 Å². The van der Waals surface area contributed by atoms with Gasteiger partial charge >= 0.3 is 0 Å². The van der Waals surface area contributed by atoms with Crippen LogP contribution in [0.25, 0.3) is 11.3 Å². The SMILES string of the molecule is Cc1nc(-c2ccc(NC3CCCS(=O)(=O)C3)cc2)cs1. The third kappa shape index (κ3) is 3.63. The molecular formula is C15H18N2O2S2. The Morgan fingerprint density at radius 3 is 2.67 bits per heavy atom. The van der Waals surface area contributed by atoms with Crippen molar-refractivity contribution in [3.8, 4) is 11.3 Å². The average molecular weight is 322 g/mol. The van der Waals surface area contributed by atoms with E-state index in [1.165, 1.54) is 0 Å². The molecule has 1 aliphatic heterocycles. The van der Waals surface area contributed by atoms with Crippen LogP contribution in [0, 0.1) is 6.92 Å². The highest BCUT2D eigenvalue weighted by Gasteiger charge is 2.24. The average Bonchev–Trinajstić information content (AvgIpc) is 2.85. The van der Waals surface area contributed by atoms with Crippen molar-refractivity contribution in [2.45, 2.75) is 25.8 Å². The first-order valence-corrected chi connectivity index (χ1v) is 9.71. The Morgan fingerprint density at radius 2 is 2.05 bits per heavy atom. The molecule has 1 N–H and O–H groups in total. The molecule has 0 saturated carbocycles. The molecule has 3 rings (SSSR count). The van der Waals surface area contributed by atoms with Gasteiger partial charge in [-0.25, -0.2) is 13.4 Å². The second-order valence-corrected chi connectivity index (χ2v) is 8.72. The van der Waals surface area contributed by atoms with Crippen molar-refractivity contribution >= 4 is 26.9 Å². The van der Waals surface area contributed by atoms with Crippen molar-refractivity contribution in [1.82, 2.24) is 4.98 Å². The highest BCUT2D eigenvalue weighted by molar-refractivity contribution is 7.91. The van der Waals surface area contributed by atoms with Crippen LogP contribution in [0.4, 0.5) is 5.69 Å². The smallest absolute Gasteiger partial charge is 0.152 e. The van der Waals surface area contributed by atoms with Gasteiger partial charge in [-0.15, -0.1) is 11.3 Å². The van der Waals surface area contributed by atoms with Gasteiger partial charge < -0.3 is 5.32 Å². The van der Waals surface area contributed by atoms with Gasteiger partial charge in [0, 0.05) is 22.7 Å². The molecule has 112 valence electrons. The standard InChI is InChI=1S/C15H18N2O2S2/c1-11-16-15(9-20-11)12-4-6-13(7-5-12)17-14-3-2-8-21(18,19)10-14/h4-7,9,14,17H,2-3,8,10H2,1H3. The summed E-state index contributed by atoms with van der Waals surface area (Å²) in [4.78, 5) is 4.46. The molecule has 1 aromatic heterocycles. The number of benzene rings is 1. The number of rotatable bonds is 3. The monoisotopic (exact) mass is 322 g/mol. The summed E-state index contributed by atoms with van der Waals surface area (Å²) in [7, 11) is -2.87. The van der Waals surface area contributed by atoms with E-state index >= 15 is 0 Å². The fourth-order valence-electron chi connectivity index (χ4n) is 2.61. The molecule has 0 spiro atoms.